The highest BCUT2D eigenvalue weighted by molar-refractivity contribution is 6.33. The van der Waals surface area contributed by atoms with Crippen LogP contribution in [-0.2, 0) is 9.53 Å². The van der Waals surface area contributed by atoms with E-state index in [1.807, 2.05) is 0 Å². The third kappa shape index (κ3) is 4.21. The van der Waals surface area contributed by atoms with Gasteiger partial charge in [0.25, 0.3) is 0 Å². The molecule has 1 aromatic rings. The topological polar surface area (TPSA) is 67.4 Å². The molecule has 2 rings (SSSR count). The van der Waals surface area contributed by atoms with Gasteiger partial charge in [0.2, 0.25) is 5.91 Å². The van der Waals surface area contributed by atoms with E-state index in [9.17, 15) is 9.59 Å². The van der Waals surface area contributed by atoms with Crippen LogP contribution in [0.1, 0.15) is 23.2 Å². The van der Waals surface area contributed by atoms with Crippen molar-refractivity contribution in [1.29, 1.82) is 0 Å². The summed E-state index contributed by atoms with van der Waals surface area (Å²) in [6.45, 7) is 1.10. The Hall–Kier alpha value is -1.59. The molecule has 0 saturated heterocycles. The SMILES string of the molecule is COC(=O)c1ccc(Cl)c(NC(=O)CNCC2CC2)c1. The molecule has 0 bridgehead atoms. The van der Waals surface area contributed by atoms with Crippen molar-refractivity contribution >= 4 is 29.2 Å². The summed E-state index contributed by atoms with van der Waals surface area (Å²) in [6.07, 6.45) is 2.48. The maximum absolute atomic E-state index is 11.8. The molecule has 1 aliphatic carbocycles. The van der Waals surface area contributed by atoms with Gasteiger partial charge < -0.3 is 15.4 Å². The fraction of sp³-hybridized carbons (Fsp3) is 0.429. The lowest BCUT2D eigenvalue weighted by molar-refractivity contribution is -0.115. The van der Waals surface area contributed by atoms with Crippen molar-refractivity contribution in [3.05, 3.63) is 28.8 Å². The van der Waals surface area contributed by atoms with Gasteiger partial charge in [-0.05, 0) is 43.5 Å². The number of hydrogen-bond acceptors (Lipinski definition) is 4. The minimum absolute atomic E-state index is 0.186. The second-order valence-corrected chi connectivity index (χ2v) is 5.22. The van der Waals surface area contributed by atoms with E-state index in [4.69, 9.17) is 11.6 Å². The van der Waals surface area contributed by atoms with Crippen molar-refractivity contribution in [3.63, 3.8) is 0 Å². The summed E-state index contributed by atoms with van der Waals surface area (Å²) < 4.78 is 4.63. The minimum atomic E-state index is -0.468. The highest BCUT2D eigenvalue weighted by atomic mass is 35.5. The summed E-state index contributed by atoms with van der Waals surface area (Å²) in [5.41, 5.74) is 0.755. The number of benzene rings is 1. The first-order valence-corrected chi connectivity index (χ1v) is 6.86. The summed E-state index contributed by atoms with van der Waals surface area (Å²) in [7, 11) is 1.30. The Morgan fingerprint density at radius 3 is 2.80 bits per heavy atom. The van der Waals surface area contributed by atoms with Gasteiger partial charge in [0.05, 0.1) is 29.9 Å². The number of amides is 1. The van der Waals surface area contributed by atoms with E-state index in [0.717, 1.165) is 6.54 Å². The van der Waals surface area contributed by atoms with E-state index in [-0.39, 0.29) is 12.5 Å². The number of anilines is 1. The molecule has 20 heavy (non-hydrogen) atoms. The summed E-state index contributed by atoms with van der Waals surface area (Å²) in [5.74, 6) is 0.0626. The van der Waals surface area contributed by atoms with Gasteiger partial charge in [-0.3, -0.25) is 4.79 Å². The first-order chi connectivity index (χ1) is 9.60. The number of ether oxygens (including phenoxy) is 1. The third-order valence-electron chi connectivity index (χ3n) is 3.08. The molecule has 108 valence electrons. The molecular weight excluding hydrogens is 280 g/mol. The lowest BCUT2D eigenvalue weighted by Gasteiger charge is -2.09. The summed E-state index contributed by atoms with van der Waals surface area (Å²) >= 11 is 6.00. The maximum Gasteiger partial charge on any atom is 0.337 e. The number of halogens is 1. The molecule has 1 aliphatic rings. The molecule has 2 N–H and O–H groups in total. The lowest BCUT2D eigenvalue weighted by Crippen LogP contribution is -2.29. The van der Waals surface area contributed by atoms with Crippen molar-refractivity contribution in [2.75, 3.05) is 25.5 Å². The fourth-order valence-electron chi connectivity index (χ4n) is 1.77. The van der Waals surface area contributed by atoms with Gasteiger partial charge in [-0.15, -0.1) is 0 Å². The molecule has 6 heteroatoms. The van der Waals surface area contributed by atoms with Gasteiger partial charge in [0.1, 0.15) is 0 Å². The normalized spacial score (nSPS) is 13.9. The van der Waals surface area contributed by atoms with E-state index in [2.05, 4.69) is 15.4 Å². The van der Waals surface area contributed by atoms with Gasteiger partial charge >= 0.3 is 5.97 Å². The molecule has 0 atom stereocenters. The average Bonchev–Trinajstić information content (AvgIpc) is 3.24. The van der Waals surface area contributed by atoms with Crippen LogP contribution >= 0.6 is 11.6 Å². The van der Waals surface area contributed by atoms with Gasteiger partial charge in [-0.1, -0.05) is 11.6 Å². The van der Waals surface area contributed by atoms with E-state index in [1.165, 1.54) is 26.0 Å². The summed E-state index contributed by atoms with van der Waals surface area (Å²) in [5, 5.41) is 6.15. The highest BCUT2D eigenvalue weighted by Crippen LogP contribution is 2.27. The van der Waals surface area contributed by atoms with E-state index < -0.39 is 5.97 Å². The van der Waals surface area contributed by atoms with Crippen molar-refractivity contribution in [2.45, 2.75) is 12.8 Å². The number of methoxy groups -OCH3 is 1. The lowest BCUT2D eigenvalue weighted by atomic mass is 10.2. The zero-order valence-electron chi connectivity index (χ0n) is 11.2. The smallest absolute Gasteiger partial charge is 0.337 e. The fourth-order valence-corrected chi connectivity index (χ4v) is 1.94. The Labute approximate surface area is 122 Å². The monoisotopic (exact) mass is 296 g/mol. The molecule has 1 saturated carbocycles. The molecule has 5 nitrogen and oxygen atoms in total. The van der Waals surface area contributed by atoms with Crippen molar-refractivity contribution < 1.29 is 14.3 Å². The minimum Gasteiger partial charge on any atom is -0.465 e. The van der Waals surface area contributed by atoms with Crippen LogP contribution in [0.2, 0.25) is 5.02 Å². The quantitative estimate of drug-likeness (QED) is 0.789. The van der Waals surface area contributed by atoms with E-state index in [0.29, 0.717) is 22.2 Å². The Morgan fingerprint density at radius 2 is 2.15 bits per heavy atom. The first-order valence-electron chi connectivity index (χ1n) is 6.48. The van der Waals surface area contributed by atoms with Gasteiger partial charge in [0, 0.05) is 0 Å². The Morgan fingerprint density at radius 1 is 1.40 bits per heavy atom. The van der Waals surface area contributed by atoms with E-state index in [1.54, 1.807) is 12.1 Å². The molecule has 0 heterocycles. The summed E-state index contributed by atoms with van der Waals surface area (Å²) in [4.78, 5) is 23.2. The molecule has 0 aliphatic heterocycles. The van der Waals surface area contributed by atoms with Crippen LogP contribution in [-0.4, -0.2) is 32.1 Å². The van der Waals surface area contributed by atoms with E-state index >= 15 is 0 Å². The molecular formula is C14H17ClN2O3. The van der Waals surface area contributed by atoms with Gasteiger partial charge in [-0.2, -0.15) is 0 Å². The zero-order chi connectivity index (χ0) is 14.5. The Bertz CT molecular complexity index is 515. The van der Waals surface area contributed by atoms with Crippen molar-refractivity contribution in [1.82, 2.24) is 5.32 Å². The van der Waals surface area contributed by atoms with Gasteiger partial charge in [0.15, 0.2) is 0 Å². The van der Waals surface area contributed by atoms with Gasteiger partial charge in [-0.25, -0.2) is 4.79 Å². The second-order valence-electron chi connectivity index (χ2n) is 4.81. The van der Waals surface area contributed by atoms with Crippen LogP contribution in [0.4, 0.5) is 5.69 Å². The van der Waals surface area contributed by atoms with Crippen LogP contribution in [0.3, 0.4) is 0 Å². The van der Waals surface area contributed by atoms with Crippen LogP contribution in [0.15, 0.2) is 18.2 Å². The molecule has 1 amide bonds. The number of carbonyl (C=O) groups excluding carboxylic acids is 2. The van der Waals surface area contributed by atoms with Crippen LogP contribution in [0.5, 0.6) is 0 Å². The van der Waals surface area contributed by atoms with Crippen LogP contribution < -0.4 is 10.6 Å². The number of esters is 1. The van der Waals surface area contributed by atoms with Crippen LogP contribution in [0, 0.1) is 5.92 Å². The largest absolute Gasteiger partial charge is 0.465 e. The molecule has 0 spiro atoms. The number of hydrogen-bond donors (Lipinski definition) is 2. The average molecular weight is 297 g/mol. The molecule has 1 fully saturated rings. The highest BCUT2D eigenvalue weighted by Gasteiger charge is 2.20. The van der Waals surface area contributed by atoms with Crippen LogP contribution in [0.25, 0.3) is 0 Å². The predicted molar refractivity (Wildman–Crippen MR) is 77.0 cm³/mol. The summed E-state index contributed by atoms with van der Waals surface area (Å²) in [6, 6.07) is 4.61. The Balaban J connectivity index is 1.92. The van der Waals surface area contributed by atoms with Crippen molar-refractivity contribution in [2.24, 2.45) is 5.92 Å². The zero-order valence-corrected chi connectivity index (χ0v) is 12.0. The molecule has 0 aromatic heterocycles. The number of rotatable bonds is 6. The Kier molecular flexibility index (Phi) is 4.98. The molecule has 1 aromatic carbocycles. The maximum atomic E-state index is 11.8. The van der Waals surface area contributed by atoms with Crippen molar-refractivity contribution in [3.8, 4) is 0 Å². The predicted octanol–water partition coefficient (Wildman–Crippen LogP) is 2.06. The standard InChI is InChI=1S/C14H17ClN2O3/c1-20-14(19)10-4-5-11(15)12(6-10)17-13(18)8-16-7-9-2-3-9/h4-6,9,16H,2-3,7-8H2,1H3,(H,17,18). The third-order valence-corrected chi connectivity index (χ3v) is 3.41. The molecule has 0 radical (unpaired) electrons. The number of carbonyl (C=O) groups is 2. The number of nitrogens with one attached hydrogen (secondary N) is 2. The molecule has 0 unspecified atom stereocenters. The second kappa shape index (κ2) is 6.72. The first kappa shape index (κ1) is 14.8.